The number of hydrogen-bond donors (Lipinski definition) is 1. The summed E-state index contributed by atoms with van der Waals surface area (Å²) in [4.78, 5) is 51.8. The average Bonchev–Trinajstić information content (AvgIpc) is 3.44. The number of anilines is 2. The lowest BCUT2D eigenvalue weighted by Gasteiger charge is -2.27. The van der Waals surface area contributed by atoms with Gasteiger partial charge in [-0.1, -0.05) is 30.3 Å². The standard InChI is InChI=1S/C34H39N5O6/c1-22-26(37-33(42)45-34(2,3)4)11-12-27-29(22)31(41)44-32(36-27)39-20-25(43-21-24-9-7-6-8-10-24)19-28(39)30(40)38(5)18-15-23-13-16-35-17-14-23/h6-14,16-17,25,28H,15,18-21H2,1-5H3,(H,37,42)/t25-,28+/m1/s1. The van der Waals surface area contributed by atoms with Crippen LogP contribution in [0.5, 0.6) is 0 Å². The van der Waals surface area contributed by atoms with Crippen LogP contribution in [-0.2, 0) is 27.3 Å². The van der Waals surface area contributed by atoms with Gasteiger partial charge in [-0.15, -0.1) is 0 Å². The lowest BCUT2D eigenvalue weighted by molar-refractivity contribution is -0.131. The van der Waals surface area contributed by atoms with Crippen LogP contribution in [0.4, 0.5) is 16.5 Å². The smallest absolute Gasteiger partial charge is 0.412 e. The van der Waals surface area contributed by atoms with Gasteiger partial charge < -0.3 is 23.7 Å². The van der Waals surface area contributed by atoms with E-state index in [1.807, 2.05) is 42.5 Å². The number of amides is 2. The predicted octanol–water partition coefficient (Wildman–Crippen LogP) is 5.10. The third-order valence-corrected chi connectivity index (χ3v) is 7.67. The fourth-order valence-corrected chi connectivity index (χ4v) is 5.34. The van der Waals surface area contributed by atoms with Crippen molar-refractivity contribution in [3.63, 3.8) is 0 Å². The number of aryl methyl sites for hydroxylation is 1. The van der Waals surface area contributed by atoms with Gasteiger partial charge >= 0.3 is 17.7 Å². The van der Waals surface area contributed by atoms with Crippen molar-refractivity contribution in [2.45, 2.75) is 64.9 Å². The summed E-state index contributed by atoms with van der Waals surface area (Å²) < 4.78 is 17.4. The van der Waals surface area contributed by atoms with E-state index in [0.717, 1.165) is 11.1 Å². The second-order valence-corrected chi connectivity index (χ2v) is 12.2. The number of aromatic nitrogens is 2. The van der Waals surface area contributed by atoms with Crippen molar-refractivity contribution in [3.8, 4) is 0 Å². The van der Waals surface area contributed by atoms with E-state index in [-0.39, 0.29) is 23.4 Å². The summed E-state index contributed by atoms with van der Waals surface area (Å²) in [6.45, 7) is 8.23. The molecule has 5 rings (SSSR count). The molecular weight excluding hydrogens is 574 g/mol. The highest BCUT2D eigenvalue weighted by atomic mass is 16.6. The molecule has 2 atom stereocenters. The summed E-state index contributed by atoms with van der Waals surface area (Å²) in [5.74, 6) is -0.118. The maximum absolute atomic E-state index is 13.8. The normalized spacial score (nSPS) is 16.5. The number of nitrogens with zero attached hydrogens (tertiary/aromatic N) is 4. The van der Waals surface area contributed by atoms with Crippen LogP contribution in [-0.4, -0.2) is 64.8 Å². The van der Waals surface area contributed by atoms with Gasteiger partial charge in [0.15, 0.2) is 0 Å². The minimum absolute atomic E-state index is 0.0476. The number of pyridine rings is 1. The van der Waals surface area contributed by atoms with Crippen LogP contribution < -0.4 is 15.8 Å². The topological polar surface area (TPSA) is 127 Å². The van der Waals surface area contributed by atoms with Crippen LogP contribution in [0.25, 0.3) is 10.9 Å². The zero-order valence-corrected chi connectivity index (χ0v) is 26.3. The molecule has 2 aromatic heterocycles. The quantitative estimate of drug-likeness (QED) is 0.274. The Labute approximate surface area is 262 Å². The maximum Gasteiger partial charge on any atom is 0.412 e. The van der Waals surface area contributed by atoms with E-state index in [2.05, 4.69) is 15.3 Å². The van der Waals surface area contributed by atoms with Gasteiger partial charge in [-0.2, -0.15) is 4.98 Å². The fraction of sp³-hybridized carbons (Fsp3) is 0.382. The van der Waals surface area contributed by atoms with Gasteiger partial charge in [0.05, 0.1) is 23.6 Å². The summed E-state index contributed by atoms with van der Waals surface area (Å²) in [6.07, 6.45) is 3.62. The molecule has 1 aliphatic heterocycles. The van der Waals surface area contributed by atoms with E-state index in [1.165, 1.54) is 0 Å². The number of fused-ring (bicyclic) bond motifs is 1. The molecule has 1 N–H and O–H groups in total. The number of hydrogen-bond acceptors (Lipinski definition) is 9. The molecule has 2 aromatic carbocycles. The molecule has 2 amide bonds. The first-order valence-corrected chi connectivity index (χ1v) is 15.0. The minimum Gasteiger partial charge on any atom is -0.444 e. The maximum atomic E-state index is 13.8. The number of rotatable bonds is 9. The molecule has 4 aromatic rings. The zero-order valence-electron chi connectivity index (χ0n) is 26.3. The van der Waals surface area contributed by atoms with Crippen molar-refractivity contribution >= 4 is 34.6 Å². The van der Waals surface area contributed by atoms with Crippen molar-refractivity contribution < 1.29 is 23.5 Å². The summed E-state index contributed by atoms with van der Waals surface area (Å²) in [7, 11) is 1.77. The number of likely N-dealkylation sites (N-methyl/N-ethyl adjacent to an activating group) is 1. The molecule has 0 saturated carbocycles. The number of ether oxygens (including phenoxy) is 2. The molecule has 1 fully saturated rings. The summed E-state index contributed by atoms with van der Waals surface area (Å²) in [6, 6.07) is 16.4. The number of carbonyl (C=O) groups excluding carboxylic acids is 2. The highest BCUT2D eigenvalue weighted by Gasteiger charge is 2.41. The Balaban J connectivity index is 1.40. The van der Waals surface area contributed by atoms with Crippen LogP contribution in [0.2, 0.25) is 0 Å². The van der Waals surface area contributed by atoms with Crippen LogP contribution in [0.15, 0.2) is 76.2 Å². The summed E-state index contributed by atoms with van der Waals surface area (Å²) in [5.41, 5.74) is 2.11. The van der Waals surface area contributed by atoms with Crippen LogP contribution in [0.1, 0.15) is 43.9 Å². The van der Waals surface area contributed by atoms with Crippen LogP contribution in [0, 0.1) is 6.92 Å². The third kappa shape index (κ3) is 7.85. The molecule has 11 nitrogen and oxygen atoms in total. The second-order valence-electron chi connectivity index (χ2n) is 12.2. The molecule has 0 bridgehead atoms. The van der Waals surface area contributed by atoms with Gasteiger partial charge in [0.25, 0.3) is 0 Å². The van der Waals surface area contributed by atoms with Gasteiger partial charge in [0.2, 0.25) is 5.91 Å². The Morgan fingerprint density at radius 1 is 1.07 bits per heavy atom. The van der Waals surface area contributed by atoms with Gasteiger partial charge in [0, 0.05) is 44.6 Å². The Hall–Kier alpha value is -4.77. The molecule has 0 radical (unpaired) electrons. The number of nitrogens with one attached hydrogen (secondary N) is 1. The highest BCUT2D eigenvalue weighted by molar-refractivity contribution is 5.93. The van der Waals surface area contributed by atoms with Crippen LogP contribution in [0.3, 0.4) is 0 Å². The molecule has 3 heterocycles. The first kappa shape index (κ1) is 31.6. The largest absolute Gasteiger partial charge is 0.444 e. The monoisotopic (exact) mass is 613 g/mol. The molecule has 0 spiro atoms. The lowest BCUT2D eigenvalue weighted by Crippen LogP contribution is -2.45. The Kier molecular flexibility index (Phi) is 9.48. The van der Waals surface area contributed by atoms with Crippen molar-refractivity contribution in [3.05, 3.63) is 94.1 Å². The first-order valence-electron chi connectivity index (χ1n) is 15.0. The van der Waals surface area contributed by atoms with E-state index >= 15 is 0 Å². The fourth-order valence-electron chi connectivity index (χ4n) is 5.34. The second kappa shape index (κ2) is 13.5. The molecular formula is C34H39N5O6. The number of benzene rings is 2. The van der Waals surface area contributed by atoms with Crippen molar-refractivity contribution in [1.29, 1.82) is 0 Å². The molecule has 11 heteroatoms. The van der Waals surface area contributed by atoms with Crippen molar-refractivity contribution in [2.24, 2.45) is 0 Å². The van der Waals surface area contributed by atoms with Gasteiger partial charge in [-0.3, -0.25) is 15.1 Å². The van der Waals surface area contributed by atoms with Crippen LogP contribution >= 0.6 is 0 Å². The minimum atomic E-state index is -0.677. The van der Waals surface area contributed by atoms with E-state index in [0.29, 0.717) is 49.3 Å². The summed E-state index contributed by atoms with van der Waals surface area (Å²) >= 11 is 0. The molecule has 0 unspecified atom stereocenters. The highest BCUT2D eigenvalue weighted by Crippen LogP contribution is 2.30. The third-order valence-electron chi connectivity index (χ3n) is 7.67. The van der Waals surface area contributed by atoms with E-state index in [4.69, 9.17) is 13.9 Å². The van der Waals surface area contributed by atoms with E-state index < -0.39 is 23.4 Å². The Morgan fingerprint density at radius 3 is 2.51 bits per heavy atom. The van der Waals surface area contributed by atoms with E-state index in [1.54, 1.807) is 69.1 Å². The van der Waals surface area contributed by atoms with Crippen molar-refractivity contribution in [2.75, 3.05) is 30.4 Å². The Morgan fingerprint density at radius 2 is 1.80 bits per heavy atom. The van der Waals surface area contributed by atoms with Crippen molar-refractivity contribution in [1.82, 2.24) is 14.9 Å². The molecule has 236 valence electrons. The zero-order chi connectivity index (χ0) is 32.1. The van der Waals surface area contributed by atoms with Gasteiger partial charge in [0.1, 0.15) is 11.6 Å². The predicted molar refractivity (Wildman–Crippen MR) is 171 cm³/mol. The summed E-state index contributed by atoms with van der Waals surface area (Å²) in [5, 5.41) is 2.93. The number of carbonyl (C=O) groups is 2. The van der Waals surface area contributed by atoms with E-state index in [9.17, 15) is 14.4 Å². The first-order chi connectivity index (χ1) is 21.5. The van der Waals surface area contributed by atoms with Gasteiger partial charge in [-0.05, 0) is 75.1 Å². The van der Waals surface area contributed by atoms with Gasteiger partial charge in [-0.25, -0.2) is 9.59 Å². The lowest BCUT2D eigenvalue weighted by atomic mass is 10.1. The molecule has 45 heavy (non-hydrogen) atoms. The SMILES string of the molecule is Cc1c(NC(=O)OC(C)(C)C)ccc2nc(N3C[C@H](OCc4ccccc4)C[C@H]3C(=O)N(C)CCc3ccncc3)oc(=O)c12. The Bertz CT molecular complexity index is 1700. The molecule has 1 aliphatic rings. The average molecular weight is 614 g/mol. The molecule has 1 saturated heterocycles. The molecule has 0 aliphatic carbocycles.